The zero-order valence-corrected chi connectivity index (χ0v) is 13.5. The van der Waals surface area contributed by atoms with Gasteiger partial charge in [0.1, 0.15) is 0 Å². The van der Waals surface area contributed by atoms with Gasteiger partial charge in [0.15, 0.2) is 5.96 Å². The number of rotatable bonds is 5. The van der Waals surface area contributed by atoms with Crippen molar-refractivity contribution in [2.45, 2.75) is 45.1 Å². The van der Waals surface area contributed by atoms with Gasteiger partial charge in [-0.05, 0) is 37.0 Å². The molecular weight excluding hydrogens is 276 g/mol. The van der Waals surface area contributed by atoms with Crippen molar-refractivity contribution < 1.29 is 4.79 Å². The Hall–Kier alpha value is -2.04. The summed E-state index contributed by atoms with van der Waals surface area (Å²) >= 11 is 0. The number of nitrogens with zero attached hydrogens (tertiary/aromatic N) is 1. The number of hydrogen-bond acceptors (Lipinski definition) is 2. The minimum absolute atomic E-state index is 0.0452. The predicted octanol–water partition coefficient (Wildman–Crippen LogP) is 2.30. The lowest BCUT2D eigenvalue weighted by molar-refractivity contribution is -0.114. The predicted molar refractivity (Wildman–Crippen MR) is 91.2 cm³/mol. The third-order valence-corrected chi connectivity index (χ3v) is 3.90. The number of carbonyl (C=O) groups is 1. The van der Waals surface area contributed by atoms with E-state index in [1.165, 1.54) is 38.2 Å². The summed E-state index contributed by atoms with van der Waals surface area (Å²) < 4.78 is 0. The molecule has 0 aromatic heterocycles. The molecule has 2 rings (SSSR count). The van der Waals surface area contributed by atoms with Gasteiger partial charge in [0, 0.05) is 32.2 Å². The van der Waals surface area contributed by atoms with E-state index in [-0.39, 0.29) is 5.91 Å². The number of benzene rings is 1. The average Bonchev–Trinajstić information content (AvgIpc) is 3.00. The second-order valence-corrected chi connectivity index (χ2v) is 5.75. The molecule has 1 aliphatic carbocycles. The molecule has 5 heteroatoms. The van der Waals surface area contributed by atoms with Crippen LogP contribution in [0.2, 0.25) is 0 Å². The number of nitrogens with one attached hydrogen (secondary N) is 3. The fraction of sp³-hybridized carbons (Fsp3) is 0.529. The SMILES string of the molecule is CN=C(NCCc1ccc(NC(C)=O)cc1)NC1CCCC1. The standard InChI is InChI=1S/C17H26N4O/c1-13(22)20-16-9-7-14(8-10-16)11-12-19-17(18-2)21-15-5-3-4-6-15/h7-10,15H,3-6,11-12H2,1-2H3,(H,20,22)(H2,18,19,21). The number of carbonyl (C=O) groups excluding carboxylic acids is 1. The normalized spacial score (nSPS) is 15.6. The van der Waals surface area contributed by atoms with Crippen LogP contribution < -0.4 is 16.0 Å². The van der Waals surface area contributed by atoms with Crippen LogP contribution in [0.4, 0.5) is 5.69 Å². The zero-order chi connectivity index (χ0) is 15.8. The van der Waals surface area contributed by atoms with Crippen LogP contribution >= 0.6 is 0 Å². The smallest absolute Gasteiger partial charge is 0.221 e. The first-order valence-electron chi connectivity index (χ1n) is 8.01. The highest BCUT2D eigenvalue weighted by Crippen LogP contribution is 2.17. The van der Waals surface area contributed by atoms with Crippen LogP contribution in [0.5, 0.6) is 0 Å². The molecule has 3 N–H and O–H groups in total. The van der Waals surface area contributed by atoms with E-state index in [9.17, 15) is 4.79 Å². The van der Waals surface area contributed by atoms with Gasteiger partial charge < -0.3 is 16.0 Å². The Morgan fingerprint density at radius 3 is 2.50 bits per heavy atom. The van der Waals surface area contributed by atoms with E-state index < -0.39 is 0 Å². The molecule has 0 aliphatic heterocycles. The van der Waals surface area contributed by atoms with Crippen molar-refractivity contribution in [2.24, 2.45) is 4.99 Å². The third kappa shape index (κ3) is 5.39. The Morgan fingerprint density at radius 1 is 1.23 bits per heavy atom. The van der Waals surface area contributed by atoms with E-state index in [0.717, 1.165) is 24.6 Å². The molecule has 1 aliphatic rings. The highest BCUT2D eigenvalue weighted by molar-refractivity contribution is 5.88. The molecule has 1 aromatic carbocycles. The van der Waals surface area contributed by atoms with Crippen LogP contribution in [-0.4, -0.2) is 31.5 Å². The molecule has 0 saturated heterocycles. The maximum absolute atomic E-state index is 11.0. The summed E-state index contributed by atoms with van der Waals surface area (Å²) in [7, 11) is 1.81. The van der Waals surface area contributed by atoms with Gasteiger partial charge in [-0.15, -0.1) is 0 Å². The van der Waals surface area contributed by atoms with Crippen LogP contribution in [0.1, 0.15) is 38.2 Å². The Morgan fingerprint density at radius 2 is 1.91 bits per heavy atom. The first-order chi connectivity index (χ1) is 10.7. The molecule has 1 saturated carbocycles. The summed E-state index contributed by atoms with van der Waals surface area (Å²) in [5.41, 5.74) is 2.07. The topological polar surface area (TPSA) is 65.5 Å². The fourth-order valence-electron chi connectivity index (χ4n) is 2.74. The molecule has 1 amide bonds. The molecule has 0 unspecified atom stereocenters. The Kier molecular flexibility index (Phi) is 6.25. The minimum Gasteiger partial charge on any atom is -0.356 e. The third-order valence-electron chi connectivity index (χ3n) is 3.90. The van der Waals surface area contributed by atoms with E-state index in [2.05, 4.69) is 20.9 Å². The van der Waals surface area contributed by atoms with Gasteiger partial charge in [-0.2, -0.15) is 0 Å². The van der Waals surface area contributed by atoms with E-state index in [1.54, 1.807) is 0 Å². The molecule has 120 valence electrons. The maximum atomic E-state index is 11.0. The van der Waals surface area contributed by atoms with Gasteiger partial charge in [0.2, 0.25) is 5.91 Å². The van der Waals surface area contributed by atoms with Crippen molar-refractivity contribution in [1.82, 2.24) is 10.6 Å². The molecule has 0 atom stereocenters. The molecule has 1 fully saturated rings. The van der Waals surface area contributed by atoms with Crippen molar-refractivity contribution in [2.75, 3.05) is 18.9 Å². The van der Waals surface area contributed by atoms with E-state index in [1.807, 2.05) is 31.3 Å². The van der Waals surface area contributed by atoms with Gasteiger partial charge >= 0.3 is 0 Å². The molecule has 0 radical (unpaired) electrons. The largest absolute Gasteiger partial charge is 0.356 e. The fourth-order valence-corrected chi connectivity index (χ4v) is 2.74. The molecule has 22 heavy (non-hydrogen) atoms. The molecule has 1 aromatic rings. The number of aliphatic imine (C=N–C) groups is 1. The monoisotopic (exact) mass is 302 g/mol. The van der Waals surface area contributed by atoms with E-state index in [0.29, 0.717) is 6.04 Å². The summed E-state index contributed by atoms with van der Waals surface area (Å²) in [4.78, 5) is 15.3. The van der Waals surface area contributed by atoms with Gasteiger partial charge in [-0.1, -0.05) is 25.0 Å². The molecule has 0 spiro atoms. The molecule has 0 bridgehead atoms. The van der Waals surface area contributed by atoms with E-state index >= 15 is 0 Å². The molecule has 5 nitrogen and oxygen atoms in total. The van der Waals surface area contributed by atoms with Crippen LogP contribution in [0.15, 0.2) is 29.3 Å². The van der Waals surface area contributed by atoms with Crippen molar-refractivity contribution in [3.8, 4) is 0 Å². The zero-order valence-electron chi connectivity index (χ0n) is 13.5. The van der Waals surface area contributed by atoms with Gasteiger partial charge in [-0.3, -0.25) is 9.79 Å². The highest BCUT2D eigenvalue weighted by atomic mass is 16.1. The van der Waals surface area contributed by atoms with Gasteiger partial charge in [0.05, 0.1) is 0 Å². The lowest BCUT2D eigenvalue weighted by Gasteiger charge is -2.16. The summed E-state index contributed by atoms with van der Waals surface area (Å²) in [5.74, 6) is 0.845. The Labute approximate surface area is 132 Å². The van der Waals surface area contributed by atoms with Crippen molar-refractivity contribution in [3.05, 3.63) is 29.8 Å². The summed E-state index contributed by atoms with van der Waals surface area (Å²) in [6.07, 6.45) is 6.03. The van der Waals surface area contributed by atoms with Crippen LogP contribution in [-0.2, 0) is 11.2 Å². The van der Waals surface area contributed by atoms with Crippen LogP contribution in [0.25, 0.3) is 0 Å². The quantitative estimate of drug-likeness (QED) is 0.577. The number of anilines is 1. The lowest BCUT2D eigenvalue weighted by atomic mass is 10.1. The van der Waals surface area contributed by atoms with Crippen molar-refractivity contribution >= 4 is 17.6 Å². The van der Waals surface area contributed by atoms with Crippen LogP contribution in [0.3, 0.4) is 0 Å². The summed E-state index contributed by atoms with van der Waals surface area (Å²) in [6.45, 7) is 2.35. The lowest BCUT2D eigenvalue weighted by Crippen LogP contribution is -2.42. The Bertz CT molecular complexity index is 504. The number of hydrogen-bond donors (Lipinski definition) is 3. The maximum Gasteiger partial charge on any atom is 0.221 e. The number of guanidine groups is 1. The van der Waals surface area contributed by atoms with Crippen molar-refractivity contribution in [1.29, 1.82) is 0 Å². The average molecular weight is 302 g/mol. The number of amides is 1. The first kappa shape index (κ1) is 16.3. The van der Waals surface area contributed by atoms with Crippen LogP contribution in [0, 0.1) is 0 Å². The summed E-state index contributed by atoms with van der Waals surface area (Å²) in [6, 6.07) is 8.52. The second-order valence-electron chi connectivity index (χ2n) is 5.75. The van der Waals surface area contributed by atoms with Gasteiger partial charge in [0.25, 0.3) is 0 Å². The first-order valence-corrected chi connectivity index (χ1v) is 8.01. The van der Waals surface area contributed by atoms with Crippen molar-refractivity contribution in [3.63, 3.8) is 0 Å². The molecule has 0 heterocycles. The molecular formula is C17H26N4O. The second kappa shape index (κ2) is 8.41. The minimum atomic E-state index is -0.0452. The summed E-state index contributed by atoms with van der Waals surface area (Å²) in [5, 5.41) is 9.61. The Balaban J connectivity index is 1.73. The van der Waals surface area contributed by atoms with Gasteiger partial charge in [-0.25, -0.2) is 0 Å². The van der Waals surface area contributed by atoms with E-state index in [4.69, 9.17) is 0 Å². The highest BCUT2D eigenvalue weighted by Gasteiger charge is 2.15.